The maximum absolute atomic E-state index is 14.2. The van der Waals surface area contributed by atoms with E-state index in [4.69, 9.17) is 0 Å². The Balaban J connectivity index is 1.45. The number of rotatable bonds is 3. The van der Waals surface area contributed by atoms with Gasteiger partial charge in [-0.25, -0.2) is 8.78 Å². The van der Waals surface area contributed by atoms with Crippen LogP contribution in [-0.2, 0) is 5.41 Å². The first kappa shape index (κ1) is 17.8. The molecule has 2 aromatic rings. The lowest BCUT2D eigenvalue weighted by molar-refractivity contribution is 0.0972. The Morgan fingerprint density at radius 2 is 1.82 bits per heavy atom. The van der Waals surface area contributed by atoms with E-state index in [1.54, 1.807) is 29.2 Å². The van der Waals surface area contributed by atoms with E-state index in [0.717, 1.165) is 49.6 Å². The van der Waals surface area contributed by atoms with Crippen LogP contribution in [0.3, 0.4) is 0 Å². The van der Waals surface area contributed by atoms with Crippen molar-refractivity contribution in [3.05, 3.63) is 65.2 Å². The highest BCUT2D eigenvalue weighted by atomic mass is 19.1. The van der Waals surface area contributed by atoms with Crippen molar-refractivity contribution in [2.75, 3.05) is 31.1 Å². The van der Waals surface area contributed by atoms with Gasteiger partial charge in [-0.1, -0.05) is 12.1 Å². The number of hydrogen-bond acceptors (Lipinski definition) is 2. The molecule has 2 aromatic carbocycles. The number of benzene rings is 2. The fourth-order valence-electron chi connectivity index (χ4n) is 4.86. The molecule has 0 radical (unpaired) electrons. The number of amides is 1. The molecule has 0 aromatic heterocycles. The fourth-order valence-corrected chi connectivity index (χ4v) is 4.86. The van der Waals surface area contributed by atoms with Gasteiger partial charge in [0.25, 0.3) is 5.91 Å². The van der Waals surface area contributed by atoms with Crippen LogP contribution in [0.5, 0.6) is 0 Å². The summed E-state index contributed by atoms with van der Waals surface area (Å²) in [4.78, 5) is 17.3. The molecule has 1 spiro atoms. The van der Waals surface area contributed by atoms with Gasteiger partial charge in [-0.2, -0.15) is 0 Å². The second-order valence-electron chi connectivity index (χ2n) is 8.56. The summed E-state index contributed by atoms with van der Waals surface area (Å²) < 4.78 is 28.3. The number of carbonyl (C=O) groups excluding carboxylic acids is 1. The summed E-state index contributed by atoms with van der Waals surface area (Å²) in [6.07, 6.45) is 4.47. The number of likely N-dealkylation sites (tertiary alicyclic amines) is 1. The molecule has 0 N–H and O–H groups in total. The summed E-state index contributed by atoms with van der Waals surface area (Å²) in [5.41, 5.74) is 1.47. The quantitative estimate of drug-likeness (QED) is 0.787. The number of nitrogens with zero attached hydrogens (tertiary/aromatic N) is 2. The number of carbonyl (C=O) groups is 1. The van der Waals surface area contributed by atoms with Gasteiger partial charge in [0.15, 0.2) is 0 Å². The smallest absolute Gasteiger partial charge is 0.261 e. The SMILES string of the molecule is O=C(c1ccccc1F)N1CC2(CCN(CC3CC3)CC2)c2cc(F)ccc21. The Hall–Kier alpha value is -2.27. The third kappa shape index (κ3) is 3.02. The molecule has 1 aliphatic carbocycles. The number of halogens is 2. The van der Waals surface area contributed by atoms with Gasteiger partial charge in [0, 0.05) is 24.2 Å². The summed E-state index contributed by atoms with van der Waals surface area (Å²) >= 11 is 0. The largest absolute Gasteiger partial charge is 0.307 e. The van der Waals surface area contributed by atoms with E-state index in [-0.39, 0.29) is 22.7 Å². The van der Waals surface area contributed by atoms with Gasteiger partial charge < -0.3 is 9.80 Å². The average molecular weight is 382 g/mol. The molecule has 3 aliphatic rings. The summed E-state index contributed by atoms with van der Waals surface area (Å²) in [6.45, 7) is 3.59. The van der Waals surface area contributed by atoms with Gasteiger partial charge >= 0.3 is 0 Å². The minimum atomic E-state index is -0.517. The van der Waals surface area contributed by atoms with Crippen LogP contribution in [0, 0.1) is 17.6 Å². The highest BCUT2D eigenvalue weighted by Crippen LogP contribution is 2.48. The minimum Gasteiger partial charge on any atom is -0.307 e. The first-order chi connectivity index (χ1) is 13.6. The summed E-state index contributed by atoms with van der Waals surface area (Å²) in [5.74, 6) is -0.292. The van der Waals surface area contributed by atoms with Gasteiger partial charge in [0.2, 0.25) is 0 Å². The summed E-state index contributed by atoms with van der Waals surface area (Å²) in [6, 6.07) is 10.7. The summed E-state index contributed by atoms with van der Waals surface area (Å²) in [5, 5.41) is 0. The van der Waals surface area contributed by atoms with Crippen molar-refractivity contribution in [2.45, 2.75) is 31.1 Å². The average Bonchev–Trinajstić information content (AvgIpc) is 3.46. The van der Waals surface area contributed by atoms with E-state index >= 15 is 0 Å². The lowest BCUT2D eigenvalue weighted by Crippen LogP contribution is -2.46. The van der Waals surface area contributed by atoms with Crippen molar-refractivity contribution in [2.24, 2.45) is 5.92 Å². The molecule has 1 amide bonds. The Bertz CT molecular complexity index is 917. The number of hydrogen-bond donors (Lipinski definition) is 0. The van der Waals surface area contributed by atoms with Crippen LogP contribution in [0.25, 0.3) is 0 Å². The van der Waals surface area contributed by atoms with Crippen LogP contribution in [0.4, 0.5) is 14.5 Å². The highest BCUT2D eigenvalue weighted by molar-refractivity contribution is 6.08. The van der Waals surface area contributed by atoms with E-state index in [1.165, 1.54) is 31.0 Å². The molecule has 5 rings (SSSR count). The maximum atomic E-state index is 14.2. The van der Waals surface area contributed by atoms with Crippen LogP contribution in [0.2, 0.25) is 0 Å². The highest BCUT2D eigenvalue weighted by Gasteiger charge is 2.47. The zero-order chi connectivity index (χ0) is 19.3. The number of fused-ring (bicyclic) bond motifs is 2. The Morgan fingerprint density at radius 3 is 2.54 bits per heavy atom. The predicted octanol–water partition coefficient (Wildman–Crippen LogP) is 4.37. The molecule has 2 fully saturated rings. The Morgan fingerprint density at radius 1 is 1.07 bits per heavy atom. The molecule has 1 saturated heterocycles. The molecule has 2 heterocycles. The lowest BCUT2D eigenvalue weighted by Gasteiger charge is -2.40. The van der Waals surface area contributed by atoms with Gasteiger partial charge in [-0.15, -0.1) is 0 Å². The first-order valence-electron chi connectivity index (χ1n) is 10.1. The van der Waals surface area contributed by atoms with Crippen LogP contribution >= 0.6 is 0 Å². The van der Waals surface area contributed by atoms with E-state index in [9.17, 15) is 13.6 Å². The first-order valence-corrected chi connectivity index (χ1v) is 10.1. The van der Waals surface area contributed by atoms with Gasteiger partial charge in [0.1, 0.15) is 11.6 Å². The fraction of sp³-hybridized carbons (Fsp3) is 0.435. The molecule has 0 unspecified atom stereocenters. The van der Waals surface area contributed by atoms with E-state index in [2.05, 4.69) is 4.90 Å². The van der Waals surface area contributed by atoms with Crippen molar-refractivity contribution in [1.29, 1.82) is 0 Å². The van der Waals surface area contributed by atoms with E-state index in [0.29, 0.717) is 6.54 Å². The standard InChI is InChI=1S/C23H24F2N2O/c24-17-7-8-21-19(13-17)23(9-11-26(12-10-23)14-16-5-6-16)15-27(21)22(28)18-3-1-2-4-20(18)25/h1-4,7-8,13,16H,5-6,9-12,14-15H2. The second kappa shape index (κ2) is 6.66. The topological polar surface area (TPSA) is 23.6 Å². The zero-order valence-corrected chi connectivity index (χ0v) is 15.8. The molecular formula is C23H24F2N2O. The van der Waals surface area contributed by atoms with Crippen LogP contribution in [-0.4, -0.2) is 37.0 Å². The van der Waals surface area contributed by atoms with Crippen LogP contribution in [0.1, 0.15) is 41.6 Å². The van der Waals surface area contributed by atoms with Gasteiger partial charge in [-0.05, 0) is 80.6 Å². The van der Waals surface area contributed by atoms with Crippen LogP contribution < -0.4 is 4.90 Å². The van der Waals surface area contributed by atoms with Crippen molar-refractivity contribution < 1.29 is 13.6 Å². The molecular weight excluding hydrogens is 358 g/mol. The number of piperidine rings is 1. The zero-order valence-electron chi connectivity index (χ0n) is 15.8. The van der Waals surface area contributed by atoms with E-state index in [1.807, 2.05) is 0 Å². The molecule has 2 aliphatic heterocycles. The van der Waals surface area contributed by atoms with Gasteiger partial charge in [-0.3, -0.25) is 4.79 Å². The third-order valence-corrected chi connectivity index (χ3v) is 6.66. The molecule has 1 saturated carbocycles. The van der Waals surface area contributed by atoms with Crippen molar-refractivity contribution in [3.8, 4) is 0 Å². The molecule has 0 bridgehead atoms. The van der Waals surface area contributed by atoms with Crippen LogP contribution in [0.15, 0.2) is 42.5 Å². The molecule has 146 valence electrons. The molecule has 0 atom stereocenters. The normalized spacial score (nSPS) is 21.1. The summed E-state index contributed by atoms with van der Waals surface area (Å²) in [7, 11) is 0. The second-order valence-corrected chi connectivity index (χ2v) is 8.56. The third-order valence-electron chi connectivity index (χ3n) is 6.66. The monoisotopic (exact) mass is 382 g/mol. The molecule has 5 heteroatoms. The Kier molecular flexibility index (Phi) is 4.23. The minimum absolute atomic E-state index is 0.0704. The van der Waals surface area contributed by atoms with Crippen molar-refractivity contribution in [3.63, 3.8) is 0 Å². The van der Waals surface area contributed by atoms with Crippen molar-refractivity contribution >= 4 is 11.6 Å². The molecule has 28 heavy (non-hydrogen) atoms. The lowest BCUT2D eigenvalue weighted by atomic mass is 9.74. The molecule has 3 nitrogen and oxygen atoms in total. The maximum Gasteiger partial charge on any atom is 0.261 e. The van der Waals surface area contributed by atoms with Crippen molar-refractivity contribution in [1.82, 2.24) is 4.90 Å². The predicted molar refractivity (Wildman–Crippen MR) is 105 cm³/mol. The van der Waals surface area contributed by atoms with Gasteiger partial charge in [0.05, 0.1) is 5.56 Å². The van der Waals surface area contributed by atoms with E-state index < -0.39 is 5.82 Å². The number of anilines is 1. The Labute approximate surface area is 163 Å².